The van der Waals surface area contributed by atoms with Crippen LogP contribution < -0.4 is 5.73 Å². The van der Waals surface area contributed by atoms with Gasteiger partial charge in [0.25, 0.3) is 5.91 Å². The molecule has 0 atom stereocenters. The summed E-state index contributed by atoms with van der Waals surface area (Å²) in [4.78, 5) is 19.2. The highest BCUT2D eigenvalue weighted by Gasteiger charge is 2.26. The van der Waals surface area contributed by atoms with E-state index in [0.29, 0.717) is 35.7 Å². The highest BCUT2D eigenvalue weighted by atomic mass is 32.1. The minimum atomic E-state index is -0.0650. The number of pyridine rings is 1. The average molecular weight is 300 g/mol. The molecule has 4 rings (SSSR count). The number of nitrogen functional groups attached to an aromatic ring is 1. The third kappa shape index (κ3) is 1.87. The minimum Gasteiger partial charge on any atom is -0.396 e. The Morgan fingerprint density at radius 2 is 2.29 bits per heavy atom. The first kappa shape index (κ1) is 12.3. The van der Waals surface area contributed by atoms with Gasteiger partial charge in [0.05, 0.1) is 16.9 Å². The zero-order valence-electron chi connectivity index (χ0n) is 11.1. The van der Waals surface area contributed by atoms with Gasteiger partial charge in [-0.15, -0.1) is 21.5 Å². The van der Waals surface area contributed by atoms with Crippen LogP contribution in [0.5, 0.6) is 0 Å². The number of rotatable bonds is 1. The Morgan fingerprint density at radius 1 is 1.38 bits per heavy atom. The van der Waals surface area contributed by atoms with E-state index >= 15 is 0 Å². The normalized spacial score (nSPS) is 14.4. The number of fused-ring (bicyclic) bond motifs is 2. The molecule has 1 aliphatic rings. The lowest BCUT2D eigenvalue weighted by Crippen LogP contribution is -2.38. The standard InChI is InChI=1S/C13H12N6OS/c14-10-11-8(2-1-3-15-11)21-12(10)13(20)18-4-5-19-7-16-17-9(19)6-18/h1-3,7H,4-6,14H2. The van der Waals surface area contributed by atoms with Crippen LogP contribution in [0, 0.1) is 0 Å². The second kappa shape index (κ2) is 4.52. The smallest absolute Gasteiger partial charge is 0.266 e. The number of aromatic nitrogens is 4. The van der Waals surface area contributed by atoms with E-state index in [0.717, 1.165) is 10.5 Å². The summed E-state index contributed by atoms with van der Waals surface area (Å²) in [6.45, 7) is 1.79. The van der Waals surface area contributed by atoms with Gasteiger partial charge in [0.1, 0.15) is 16.7 Å². The number of nitrogens with zero attached hydrogens (tertiary/aromatic N) is 5. The number of hydrogen-bond donors (Lipinski definition) is 1. The number of hydrogen-bond acceptors (Lipinski definition) is 6. The first-order valence-corrected chi connectivity index (χ1v) is 7.34. The van der Waals surface area contributed by atoms with Crippen LogP contribution in [0.15, 0.2) is 24.7 Å². The first-order valence-electron chi connectivity index (χ1n) is 6.53. The SMILES string of the molecule is Nc1c(C(=O)N2CCn3cnnc3C2)sc2cccnc12. The van der Waals surface area contributed by atoms with Crippen molar-refractivity contribution < 1.29 is 4.79 Å². The minimum absolute atomic E-state index is 0.0650. The van der Waals surface area contributed by atoms with E-state index in [4.69, 9.17) is 5.73 Å². The summed E-state index contributed by atoms with van der Waals surface area (Å²) >= 11 is 1.39. The van der Waals surface area contributed by atoms with Gasteiger partial charge in [0.15, 0.2) is 5.82 Å². The highest BCUT2D eigenvalue weighted by Crippen LogP contribution is 2.33. The molecule has 106 valence electrons. The zero-order chi connectivity index (χ0) is 14.4. The van der Waals surface area contributed by atoms with Gasteiger partial charge in [-0.1, -0.05) is 0 Å². The molecule has 1 aliphatic heterocycles. The lowest BCUT2D eigenvalue weighted by atomic mass is 10.2. The first-order chi connectivity index (χ1) is 10.2. The molecule has 3 aromatic rings. The van der Waals surface area contributed by atoms with Crippen molar-refractivity contribution in [3.05, 3.63) is 35.4 Å². The van der Waals surface area contributed by atoms with Gasteiger partial charge in [-0.2, -0.15) is 0 Å². The second-order valence-corrected chi connectivity index (χ2v) is 5.91. The quantitative estimate of drug-likeness (QED) is 0.727. The summed E-state index contributed by atoms with van der Waals surface area (Å²) in [6.07, 6.45) is 3.37. The maximum Gasteiger partial charge on any atom is 0.266 e. The van der Waals surface area contributed by atoms with Crippen molar-refractivity contribution in [1.29, 1.82) is 0 Å². The lowest BCUT2D eigenvalue weighted by Gasteiger charge is -2.26. The monoisotopic (exact) mass is 300 g/mol. The molecule has 2 N–H and O–H groups in total. The van der Waals surface area contributed by atoms with Crippen LogP contribution in [0.3, 0.4) is 0 Å². The molecule has 0 unspecified atom stereocenters. The van der Waals surface area contributed by atoms with E-state index in [1.165, 1.54) is 11.3 Å². The zero-order valence-corrected chi connectivity index (χ0v) is 11.9. The Bertz CT molecular complexity index is 838. The van der Waals surface area contributed by atoms with Crippen LogP contribution in [-0.2, 0) is 13.1 Å². The molecule has 3 aromatic heterocycles. The van der Waals surface area contributed by atoms with Crippen molar-refractivity contribution >= 4 is 33.1 Å². The van der Waals surface area contributed by atoms with Crippen molar-refractivity contribution in [1.82, 2.24) is 24.6 Å². The topological polar surface area (TPSA) is 89.9 Å². The van der Waals surface area contributed by atoms with Crippen LogP contribution in [0.2, 0.25) is 0 Å². The number of thiophene rings is 1. The van der Waals surface area contributed by atoms with Crippen molar-refractivity contribution in [2.75, 3.05) is 12.3 Å². The maximum atomic E-state index is 12.7. The van der Waals surface area contributed by atoms with E-state index < -0.39 is 0 Å². The highest BCUT2D eigenvalue weighted by molar-refractivity contribution is 7.21. The van der Waals surface area contributed by atoms with Gasteiger partial charge in [-0.3, -0.25) is 9.78 Å². The molecule has 0 saturated carbocycles. The number of anilines is 1. The van der Waals surface area contributed by atoms with Crippen molar-refractivity contribution in [3.63, 3.8) is 0 Å². The molecule has 0 bridgehead atoms. The number of amides is 1. The summed E-state index contributed by atoms with van der Waals surface area (Å²) in [7, 11) is 0. The fourth-order valence-corrected chi connectivity index (χ4v) is 3.54. The number of nitrogens with two attached hydrogens (primary N) is 1. The van der Waals surface area contributed by atoms with E-state index in [9.17, 15) is 4.79 Å². The predicted molar refractivity (Wildman–Crippen MR) is 78.8 cm³/mol. The molecule has 4 heterocycles. The third-order valence-electron chi connectivity index (χ3n) is 3.60. The molecular weight excluding hydrogens is 288 g/mol. The largest absolute Gasteiger partial charge is 0.396 e. The Balaban J connectivity index is 1.69. The Labute approximate surface area is 124 Å². The molecule has 1 amide bonds. The van der Waals surface area contributed by atoms with Crippen LogP contribution in [-0.4, -0.2) is 37.1 Å². The van der Waals surface area contributed by atoms with Crippen LogP contribution in [0.1, 0.15) is 15.5 Å². The Kier molecular flexibility index (Phi) is 2.64. The van der Waals surface area contributed by atoms with E-state index in [1.54, 1.807) is 17.4 Å². The number of carbonyl (C=O) groups is 1. The Morgan fingerprint density at radius 3 is 3.14 bits per heavy atom. The lowest BCUT2D eigenvalue weighted by molar-refractivity contribution is 0.0713. The van der Waals surface area contributed by atoms with Crippen LogP contribution >= 0.6 is 11.3 Å². The van der Waals surface area contributed by atoms with Crippen molar-refractivity contribution in [2.45, 2.75) is 13.1 Å². The van der Waals surface area contributed by atoms with Gasteiger partial charge in [0, 0.05) is 19.3 Å². The van der Waals surface area contributed by atoms with Gasteiger partial charge in [-0.25, -0.2) is 0 Å². The fourth-order valence-electron chi connectivity index (χ4n) is 2.49. The molecule has 0 aromatic carbocycles. The number of carbonyl (C=O) groups excluding carboxylic acids is 1. The molecule has 8 heteroatoms. The third-order valence-corrected chi connectivity index (χ3v) is 4.75. The predicted octanol–water partition coefficient (Wildman–Crippen LogP) is 1.13. The second-order valence-electron chi connectivity index (χ2n) is 4.86. The fraction of sp³-hybridized carbons (Fsp3) is 0.231. The molecule has 7 nitrogen and oxygen atoms in total. The van der Waals surface area contributed by atoms with Crippen LogP contribution in [0.25, 0.3) is 10.2 Å². The van der Waals surface area contributed by atoms with Crippen molar-refractivity contribution in [2.24, 2.45) is 0 Å². The summed E-state index contributed by atoms with van der Waals surface area (Å²) in [5.74, 6) is 0.733. The molecule has 21 heavy (non-hydrogen) atoms. The van der Waals surface area contributed by atoms with Crippen molar-refractivity contribution in [3.8, 4) is 0 Å². The molecule has 0 radical (unpaired) electrons. The van der Waals surface area contributed by atoms with Crippen LogP contribution in [0.4, 0.5) is 5.69 Å². The van der Waals surface area contributed by atoms with E-state index in [1.807, 2.05) is 16.7 Å². The van der Waals surface area contributed by atoms with E-state index in [-0.39, 0.29) is 5.91 Å². The molecule has 0 fully saturated rings. The maximum absolute atomic E-state index is 12.7. The average Bonchev–Trinajstić information content (AvgIpc) is 3.11. The van der Waals surface area contributed by atoms with Gasteiger partial charge in [-0.05, 0) is 12.1 Å². The molecule has 0 saturated heterocycles. The summed E-state index contributed by atoms with van der Waals surface area (Å²) < 4.78 is 2.89. The molecular formula is C13H12N6OS. The van der Waals surface area contributed by atoms with Gasteiger partial charge in [0.2, 0.25) is 0 Å². The van der Waals surface area contributed by atoms with Gasteiger partial charge >= 0.3 is 0 Å². The molecule has 0 aliphatic carbocycles. The van der Waals surface area contributed by atoms with Gasteiger partial charge < -0.3 is 15.2 Å². The summed E-state index contributed by atoms with van der Waals surface area (Å²) in [5.41, 5.74) is 7.25. The molecule has 0 spiro atoms. The Hall–Kier alpha value is -2.48. The summed E-state index contributed by atoms with van der Waals surface area (Å²) in [5, 5.41) is 7.89. The summed E-state index contributed by atoms with van der Waals surface area (Å²) in [6, 6.07) is 3.77. The van der Waals surface area contributed by atoms with E-state index in [2.05, 4.69) is 15.2 Å².